The fraction of sp³-hybridized carbons (Fsp3) is 0.562. The summed E-state index contributed by atoms with van der Waals surface area (Å²) in [5.74, 6) is 0.979. The molecular weight excluding hydrogens is 274 g/mol. The van der Waals surface area contributed by atoms with Gasteiger partial charge in [-0.15, -0.1) is 11.6 Å². The van der Waals surface area contributed by atoms with Gasteiger partial charge >= 0.3 is 0 Å². The maximum Gasteiger partial charge on any atom is 0.245 e. The first kappa shape index (κ1) is 13.7. The second kappa shape index (κ2) is 6.04. The lowest BCUT2D eigenvalue weighted by Gasteiger charge is -2.23. The Labute approximate surface area is 124 Å². The Morgan fingerprint density at radius 2 is 1.95 bits per heavy atom. The zero-order valence-corrected chi connectivity index (χ0v) is 12.4. The van der Waals surface area contributed by atoms with Gasteiger partial charge in [0.1, 0.15) is 11.1 Å². The molecule has 2 aliphatic rings. The van der Waals surface area contributed by atoms with E-state index < -0.39 is 5.38 Å². The van der Waals surface area contributed by atoms with Crippen LogP contribution in [0.4, 0.5) is 0 Å². The smallest absolute Gasteiger partial charge is 0.245 e. The first-order valence-electron chi connectivity index (χ1n) is 7.44. The van der Waals surface area contributed by atoms with Crippen molar-refractivity contribution < 1.29 is 9.53 Å². The molecule has 0 aromatic heterocycles. The van der Waals surface area contributed by atoms with Gasteiger partial charge in [0.2, 0.25) is 5.91 Å². The molecule has 0 aliphatic carbocycles. The average Bonchev–Trinajstić information content (AvgIpc) is 2.77. The SMILES string of the molecule is O=C(C(Cl)c1ccc2c(c1)CCO2)N1CCCCCC1. The van der Waals surface area contributed by atoms with Crippen molar-refractivity contribution in [1.82, 2.24) is 4.90 Å². The van der Waals surface area contributed by atoms with Crippen molar-refractivity contribution in [3.8, 4) is 5.75 Å². The number of hydrogen-bond acceptors (Lipinski definition) is 2. The van der Waals surface area contributed by atoms with E-state index in [0.717, 1.165) is 55.8 Å². The summed E-state index contributed by atoms with van der Waals surface area (Å²) in [4.78, 5) is 14.4. The summed E-state index contributed by atoms with van der Waals surface area (Å²) in [7, 11) is 0. The molecule has 0 saturated carbocycles. The van der Waals surface area contributed by atoms with Crippen LogP contribution >= 0.6 is 11.6 Å². The summed E-state index contributed by atoms with van der Waals surface area (Å²) in [6.45, 7) is 2.41. The number of fused-ring (bicyclic) bond motifs is 1. The van der Waals surface area contributed by atoms with Crippen LogP contribution in [-0.2, 0) is 11.2 Å². The third-order valence-corrected chi connectivity index (χ3v) is 4.58. The number of nitrogens with zero attached hydrogens (tertiary/aromatic N) is 1. The summed E-state index contributed by atoms with van der Waals surface area (Å²) in [6.07, 6.45) is 5.52. The molecule has 1 unspecified atom stereocenters. The Morgan fingerprint density at radius 3 is 2.70 bits per heavy atom. The average molecular weight is 294 g/mol. The van der Waals surface area contributed by atoms with Gasteiger partial charge in [0.25, 0.3) is 0 Å². The van der Waals surface area contributed by atoms with Crippen LogP contribution < -0.4 is 4.74 Å². The number of carbonyl (C=O) groups is 1. The highest BCUT2D eigenvalue weighted by molar-refractivity contribution is 6.30. The van der Waals surface area contributed by atoms with Gasteiger partial charge in [-0.3, -0.25) is 4.79 Å². The Balaban J connectivity index is 1.74. The van der Waals surface area contributed by atoms with E-state index in [1.165, 1.54) is 12.8 Å². The van der Waals surface area contributed by atoms with E-state index >= 15 is 0 Å². The largest absolute Gasteiger partial charge is 0.493 e. The summed E-state index contributed by atoms with van der Waals surface area (Å²) in [5, 5.41) is -0.570. The molecule has 1 aromatic carbocycles. The van der Waals surface area contributed by atoms with Gasteiger partial charge in [0.15, 0.2) is 0 Å². The summed E-state index contributed by atoms with van der Waals surface area (Å²) >= 11 is 6.41. The zero-order valence-electron chi connectivity index (χ0n) is 11.6. The number of benzene rings is 1. The maximum atomic E-state index is 12.5. The number of rotatable bonds is 2. The number of likely N-dealkylation sites (tertiary alicyclic amines) is 1. The van der Waals surface area contributed by atoms with Crippen LogP contribution in [0.2, 0.25) is 0 Å². The van der Waals surface area contributed by atoms with Crippen molar-refractivity contribution in [2.45, 2.75) is 37.5 Å². The Kier molecular flexibility index (Phi) is 4.16. The molecular formula is C16H20ClNO2. The van der Waals surface area contributed by atoms with E-state index in [1.807, 2.05) is 23.1 Å². The molecule has 0 radical (unpaired) electrons. The van der Waals surface area contributed by atoms with Crippen molar-refractivity contribution in [2.24, 2.45) is 0 Å². The van der Waals surface area contributed by atoms with Crippen molar-refractivity contribution in [3.05, 3.63) is 29.3 Å². The molecule has 20 heavy (non-hydrogen) atoms. The quantitative estimate of drug-likeness (QED) is 0.783. The summed E-state index contributed by atoms with van der Waals surface area (Å²) in [5.41, 5.74) is 2.06. The van der Waals surface area contributed by atoms with Crippen LogP contribution in [-0.4, -0.2) is 30.5 Å². The zero-order chi connectivity index (χ0) is 13.9. The van der Waals surface area contributed by atoms with Gasteiger partial charge in [-0.05, 0) is 36.1 Å². The van der Waals surface area contributed by atoms with Gasteiger partial charge in [0, 0.05) is 19.5 Å². The first-order chi connectivity index (χ1) is 9.75. The van der Waals surface area contributed by atoms with E-state index in [-0.39, 0.29) is 5.91 Å². The molecule has 3 rings (SSSR count). The highest BCUT2D eigenvalue weighted by Crippen LogP contribution is 2.31. The highest BCUT2D eigenvalue weighted by Gasteiger charge is 2.25. The topological polar surface area (TPSA) is 29.5 Å². The van der Waals surface area contributed by atoms with Crippen molar-refractivity contribution >= 4 is 17.5 Å². The lowest BCUT2D eigenvalue weighted by atomic mass is 10.1. The van der Waals surface area contributed by atoms with Crippen LogP contribution in [0, 0.1) is 0 Å². The maximum absolute atomic E-state index is 12.5. The van der Waals surface area contributed by atoms with E-state index in [4.69, 9.17) is 16.3 Å². The minimum absolute atomic E-state index is 0.0485. The number of hydrogen-bond donors (Lipinski definition) is 0. The predicted molar refractivity (Wildman–Crippen MR) is 79.3 cm³/mol. The number of alkyl halides is 1. The Bertz CT molecular complexity index is 495. The van der Waals surface area contributed by atoms with E-state index in [1.54, 1.807) is 0 Å². The van der Waals surface area contributed by atoms with Crippen LogP contribution in [0.25, 0.3) is 0 Å². The lowest BCUT2D eigenvalue weighted by Crippen LogP contribution is -2.34. The first-order valence-corrected chi connectivity index (χ1v) is 7.88. The molecule has 1 amide bonds. The predicted octanol–water partition coefficient (Wildman–Crippen LogP) is 3.30. The molecule has 1 fully saturated rings. The third-order valence-electron chi connectivity index (χ3n) is 4.14. The molecule has 1 atom stereocenters. The molecule has 0 N–H and O–H groups in total. The number of amides is 1. The minimum atomic E-state index is -0.570. The molecule has 0 bridgehead atoms. The Hall–Kier alpha value is -1.22. The molecule has 3 nitrogen and oxygen atoms in total. The standard InChI is InChI=1S/C16H20ClNO2/c17-15(16(19)18-8-3-1-2-4-9-18)13-5-6-14-12(11-13)7-10-20-14/h5-6,11,15H,1-4,7-10H2. The van der Waals surface area contributed by atoms with Crippen molar-refractivity contribution in [2.75, 3.05) is 19.7 Å². The van der Waals surface area contributed by atoms with Gasteiger partial charge in [-0.1, -0.05) is 18.9 Å². The monoisotopic (exact) mass is 293 g/mol. The van der Waals surface area contributed by atoms with Crippen LogP contribution in [0.15, 0.2) is 18.2 Å². The normalized spacial score (nSPS) is 19.9. The summed E-state index contributed by atoms with van der Waals surface area (Å²) < 4.78 is 5.49. The van der Waals surface area contributed by atoms with Crippen molar-refractivity contribution in [1.29, 1.82) is 0 Å². The second-order valence-electron chi connectivity index (χ2n) is 5.57. The number of ether oxygens (including phenoxy) is 1. The van der Waals surface area contributed by atoms with Crippen LogP contribution in [0.5, 0.6) is 5.75 Å². The molecule has 4 heteroatoms. The fourth-order valence-electron chi connectivity index (χ4n) is 2.96. The van der Waals surface area contributed by atoms with Crippen LogP contribution in [0.3, 0.4) is 0 Å². The van der Waals surface area contributed by atoms with Gasteiger partial charge in [-0.2, -0.15) is 0 Å². The number of carbonyl (C=O) groups excluding carboxylic acids is 1. The molecule has 108 valence electrons. The van der Waals surface area contributed by atoms with E-state index in [2.05, 4.69) is 0 Å². The molecule has 1 saturated heterocycles. The second-order valence-corrected chi connectivity index (χ2v) is 6.00. The summed E-state index contributed by atoms with van der Waals surface area (Å²) in [6, 6.07) is 5.87. The van der Waals surface area contributed by atoms with Gasteiger partial charge < -0.3 is 9.64 Å². The molecule has 1 aromatic rings. The van der Waals surface area contributed by atoms with E-state index in [0.29, 0.717) is 0 Å². The highest BCUT2D eigenvalue weighted by atomic mass is 35.5. The lowest BCUT2D eigenvalue weighted by molar-refractivity contribution is -0.130. The van der Waals surface area contributed by atoms with Gasteiger partial charge in [0.05, 0.1) is 6.61 Å². The molecule has 2 heterocycles. The minimum Gasteiger partial charge on any atom is -0.493 e. The van der Waals surface area contributed by atoms with Crippen LogP contribution in [0.1, 0.15) is 42.2 Å². The van der Waals surface area contributed by atoms with Gasteiger partial charge in [-0.25, -0.2) is 0 Å². The third kappa shape index (κ3) is 2.78. The number of halogens is 1. The molecule has 2 aliphatic heterocycles. The Morgan fingerprint density at radius 1 is 1.20 bits per heavy atom. The molecule has 0 spiro atoms. The van der Waals surface area contributed by atoms with E-state index in [9.17, 15) is 4.79 Å². The fourth-order valence-corrected chi connectivity index (χ4v) is 3.23. The van der Waals surface area contributed by atoms with Crippen molar-refractivity contribution in [3.63, 3.8) is 0 Å².